The maximum Gasteiger partial charge on any atom is 0.287 e. The first-order valence-electron chi connectivity index (χ1n) is 6.13. The number of hydrogen-bond acceptors (Lipinski definition) is 3. The van der Waals surface area contributed by atoms with Crippen LogP contribution < -0.4 is 10.6 Å². The summed E-state index contributed by atoms with van der Waals surface area (Å²) in [6, 6.07) is 6.66. The van der Waals surface area contributed by atoms with E-state index in [4.69, 9.17) is 16.0 Å². The summed E-state index contributed by atoms with van der Waals surface area (Å²) in [5.41, 5.74) is 0.176. The molecule has 0 radical (unpaired) electrons. The van der Waals surface area contributed by atoms with E-state index in [0.717, 1.165) is 12.1 Å². The highest BCUT2D eigenvalue weighted by molar-refractivity contribution is 6.33. The first kappa shape index (κ1) is 15.1. The molecule has 1 aromatic carbocycles. The molecule has 0 spiro atoms. The number of nitrogens with one attached hydrogen (secondary N) is 2. The Hall–Kier alpha value is -2.34. The minimum atomic E-state index is -0.512. The number of carbonyl (C=O) groups is 2. The average Bonchev–Trinajstić information content (AvgIpc) is 2.97. The van der Waals surface area contributed by atoms with E-state index < -0.39 is 11.7 Å². The monoisotopic (exact) mass is 310 g/mol. The van der Waals surface area contributed by atoms with Crippen molar-refractivity contribution < 1.29 is 18.4 Å². The van der Waals surface area contributed by atoms with Crippen molar-refractivity contribution in [3.63, 3.8) is 0 Å². The van der Waals surface area contributed by atoms with E-state index in [1.807, 2.05) is 0 Å². The minimum absolute atomic E-state index is 0.0344. The predicted molar refractivity (Wildman–Crippen MR) is 74.8 cm³/mol. The topological polar surface area (TPSA) is 71.3 Å². The van der Waals surface area contributed by atoms with Gasteiger partial charge in [-0.05, 0) is 30.3 Å². The van der Waals surface area contributed by atoms with Crippen LogP contribution in [-0.2, 0) is 0 Å². The fourth-order valence-electron chi connectivity index (χ4n) is 1.62. The van der Waals surface area contributed by atoms with Gasteiger partial charge in [-0.25, -0.2) is 4.39 Å². The number of furan rings is 1. The molecular weight excluding hydrogens is 299 g/mol. The Morgan fingerprint density at radius 2 is 1.86 bits per heavy atom. The van der Waals surface area contributed by atoms with Gasteiger partial charge in [0.2, 0.25) is 0 Å². The molecule has 0 aliphatic carbocycles. The third-order valence-corrected chi connectivity index (χ3v) is 2.93. The highest BCUT2D eigenvalue weighted by atomic mass is 35.5. The maximum absolute atomic E-state index is 12.9. The van der Waals surface area contributed by atoms with Gasteiger partial charge in [-0.15, -0.1) is 0 Å². The Morgan fingerprint density at radius 3 is 2.48 bits per heavy atom. The van der Waals surface area contributed by atoms with Crippen LogP contribution in [0.4, 0.5) is 4.39 Å². The van der Waals surface area contributed by atoms with Crippen LogP contribution in [0.5, 0.6) is 0 Å². The molecule has 2 rings (SSSR count). The highest BCUT2D eigenvalue weighted by Gasteiger charge is 2.11. The van der Waals surface area contributed by atoms with E-state index in [1.54, 1.807) is 6.07 Å². The van der Waals surface area contributed by atoms with Crippen LogP contribution in [0.25, 0.3) is 0 Å². The summed E-state index contributed by atoms with van der Waals surface area (Å²) in [6.45, 7) is 0.434. The second-order valence-corrected chi connectivity index (χ2v) is 4.52. The van der Waals surface area contributed by atoms with Crippen molar-refractivity contribution in [3.8, 4) is 0 Å². The fourth-order valence-corrected chi connectivity index (χ4v) is 1.87. The molecule has 5 nitrogen and oxygen atoms in total. The number of hydrogen-bond donors (Lipinski definition) is 2. The highest BCUT2D eigenvalue weighted by Crippen LogP contribution is 2.16. The van der Waals surface area contributed by atoms with Gasteiger partial charge in [-0.3, -0.25) is 9.59 Å². The third kappa shape index (κ3) is 4.06. The van der Waals surface area contributed by atoms with Gasteiger partial charge in [0.1, 0.15) is 5.82 Å². The number of halogens is 2. The molecule has 0 saturated heterocycles. The summed E-state index contributed by atoms with van der Waals surface area (Å²) >= 11 is 5.77. The smallest absolute Gasteiger partial charge is 0.287 e. The SMILES string of the molecule is O=C(NCCNC(=O)c1ccc(F)cc1Cl)c1ccco1. The van der Waals surface area contributed by atoms with Crippen LogP contribution in [0.15, 0.2) is 41.0 Å². The van der Waals surface area contributed by atoms with Crippen molar-refractivity contribution in [1.82, 2.24) is 10.6 Å². The lowest BCUT2D eigenvalue weighted by atomic mass is 10.2. The largest absolute Gasteiger partial charge is 0.459 e. The zero-order valence-electron chi connectivity index (χ0n) is 10.9. The molecule has 2 N–H and O–H groups in total. The standard InChI is InChI=1S/C14H12ClFN2O3/c15-11-8-9(16)3-4-10(11)13(19)17-5-6-18-14(20)12-2-1-7-21-12/h1-4,7-8H,5-6H2,(H,17,19)(H,18,20). The molecule has 0 aliphatic rings. The lowest BCUT2D eigenvalue weighted by Crippen LogP contribution is -2.34. The first-order chi connectivity index (χ1) is 10.1. The predicted octanol–water partition coefficient (Wildman–Crippen LogP) is 2.23. The number of rotatable bonds is 5. The van der Waals surface area contributed by atoms with Gasteiger partial charge in [0.15, 0.2) is 5.76 Å². The summed E-state index contributed by atoms with van der Waals surface area (Å²) in [5, 5.41) is 5.18. The Balaban J connectivity index is 1.78. The molecular formula is C14H12ClFN2O3. The minimum Gasteiger partial charge on any atom is -0.459 e. The number of amides is 2. The molecule has 110 valence electrons. The van der Waals surface area contributed by atoms with Gasteiger partial charge < -0.3 is 15.1 Å². The first-order valence-corrected chi connectivity index (χ1v) is 6.50. The third-order valence-electron chi connectivity index (χ3n) is 2.62. The van der Waals surface area contributed by atoms with E-state index in [-0.39, 0.29) is 35.3 Å². The summed E-state index contributed by atoms with van der Waals surface area (Å²) in [4.78, 5) is 23.3. The molecule has 0 bridgehead atoms. The normalized spacial score (nSPS) is 10.2. The van der Waals surface area contributed by atoms with E-state index >= 15 is 0 Å². The van der Waals surface area contributed by atoms with E-state index in [1.165, 1.54) is 18.4 Å². The van der Waals surface area contributed by atoms with Crippen molar-refractivity contribution in [1.29, 1.82) is 0 Å². The van der Waals surface area contributed by atoms with Crippen molar-refractivity contribution in [2.45, 2.75) is 0 Å². The summed E-state index contributed by atoms with van der Waals surface area (Å²) < 4.78 is 17.8. The average molecular weight is 311 g/mol. The molecule has 0 fully saturated rings. The number of benzene rings is 1. The summed E-state index contributed by atoms with van der Waals surface area (Å²) in [5.74, 6) is -1.12. The molecule has 21 heavy (non-hydrogen) atoms. The molecule has 0 aliphatic heterocycles. The summed E-state index contributed by atoms with van der Waals surface area (Å²) in [7, 11) is 0. The van der Waals surface area contributed by atoms with E-state index in [2.05, 4.69) is 10.6 Å². The summed E-state index contributed by atoms with van der Waals surface area (Å²) in [6.07, 6.45) is 1.40. The second kappa shape index (κ2) is 6.90. The van der Waals surface area contributed by atoms with Gasteiger partial charge in [-0.1, -0.05) is 11.6 Å². The molecule has 2 amide bonds. The van der Waals surface area contributed by atoms with Crippen molar-refractivity contribution >= 4 is 23.4 Å². The molecule has 0 unspecified atom stereocenters. The van der Waals surface area contributed by atoms with Gasteiger partial charge in [0.05, 0.1) is 16.8 Å². The second-order valence-electron chi connectivity index (χ2n) is 4.11. The van der Waals surface area contributed by atoms with Crippen molar-refractivity contribution in [3.05, 3.63) is 58.8 Å². The molecule has 0 atom stereocenters. The van der Waals surface area contributed by atoms with Crippen LogP contribution >= 0.6 is 11.6 Å². The molecule has 1 heterocycles. The Morgan fingerprint density at radius 1 is 1.14 bits per heavy atom. The molecule has 1 aromatic heterocycles. The fraction of sp³-hybridized carbons (Fsp3) is 0.143. The van der Waals surface area contributed by atoms with Crippen LogP contribution in [-0.4, -0.2) is 24.9 Å². The van der Waals surface area contributed by atoms with Gasteiger partial charge >= 0.3 is 0 Å². The number of carbonyl (C=O) groups excluding carboxylic acids is 2. The van der Waals surface area contributed by atoms with Crippen molar-refractivity contribution in [2.24, 2.45) is 0 Å². The van der Waals surface area contributed by atoms with Gasteiger partial charge in [0, 0.05) is 13.1 Å². The molecule has 2 aromatic rings. The van der Waals surface area contributed by atoms with Gasteiger partial charge in [-0.2, -0.15) is 0 Å². The van der Waals surface area contributed by atoms with Crippen LogP contribution in [0.2, 0.25) is 5.02 Å². The van der Waals surface area contributed by atoms with Crippen LogP contribution in [0, 0.1) is 5.82 Å². The van der Waals surface area contributed by atoms with Gasteiger partial charge in [0.25, 0.3) is 11.8 Å². The lowest BCUT2D eigenvalue weighted by molar-refractivity contribution is 0.0910. The zero-order chi connectivity index (χ0) is 15.2. The Kier molecular flexibility index (Phi) is 4.94. The van der Waals surface area contributed by atoms with Crippen molar-refractivity contribution in [2.75, 3.05) is 13.1 Å². The lowest BCUT2D eigenvalue weighted by Gasteiger charge is -2.07. The van der Waals surface area contributed by atoms with Crippen LogP contribution in [0.1, 0.15) is 20.9 Å². The molecule has 7 heteroatoms. The van der Waals surface area contributed by atoms with E-state index in [9.17, 15) is 14.0 Å². The van der Waals surface area contributed by atoms with Crippen LogP contribution in [0.3, 0.4) is 0 Å². The Labute approximate surface area is 125 Å². The van der Waals surface area contributed by atoms with E-state index in [0.29, 0.717) is 0 Å². The zero-order valence-corrected chi connectivity index (χ0v) is 11.6. The maximum atomic E-state index is 12.9. The quantitative estimate of drug-likeness (QED) is 0.832. The Bertz CT molecular complexity index is 644. The molecule has 0 saturated carbocycles.